The summed E-state index contributed by atoms with van der Waals surface area (Å²) in [6.45, 7) is 1.61. The van der Waals surface area contributed by atoms with Gasteiger partial charge in [0.15, 0.2) is 0 Å². The van der Waals surface area contributed by atoms with E-state index >= 15 is 0 Å². The highest BCUT2D eigenvalue weighted by atomic mass is 16.5. The quantitative estimate of drug-likeness (QED) is 0.303. The Morgan fingerprint density at radius 1 is 1.60 bits per heavy atom. The zero-order chi connectivity index (χ0) is 7.98. The Hall–Kier alpha value is -1.55. The highest BCUT2D eigenvalue weighted by Gasteiger charge is 2.08. The summed E-state index contributed by atoms with van der Waals surface area (Å²) in [5, 5.41) is 16.4. The molecule has 0 N–H and O–H groups in total. The van der Waals surface area contributed by atoms with E-state index < -0.39 is 5.92 Å². The number of rotatable bonds is 1. The van der Waals surface area contributed by atoms with Crippen LogP contribution in [0.5, 0.6) is 0 Å². The van der Waals surface area contributed by atoms with Gasteiger partial charge in [-0.05, 0) is 6.92 Å². The van der Waals surface area contributed by atoms with Gasteiger partial charge < -0.3 is 4.74 Å². The molecular formula is C6H7N3O. The second kappa shape index (κ2) is 4.34. The first-order valence-corrected chi connectivity index (χ1v) is 2.66. The Morgan fingerprint density at radius 3 is 2.50 bits per heavy atom. The molecule has 4 heteroatoms. The standard InChI is InChI=1S/C6H7N3O/c1-5(3-7)6(10-2)9-4-8/h5H,1-2H3. The van der Waals surface area contributed by atoms with E-state index in [9.17, 15) is 0 Å². The number of hydrogen-bond acceptors (Lipinski definition) is 4. The van der Waals surface area contributed by atoms with Gasteiger partial charge in [0.05, 0.1) is 13.2 Å². The fourth-order valence-corrected chi connectivity index (χ4v) is 0.424. The van der Waals surface area contributed by atoms with E-state index in [0.717, 1.165) is 0 Å². The molecule has 0 spiro atoms. The summed E-state index contributed by atoms with van der Waals surface area (Å²) in [5.74, 6) is -0.297. The average molecular weight is 137 g/mol. The van der Waals surface area contributed by atoms with Crippen LogP contribution in [-0.4, -0.2) is 13.0 Å². The fourth-order valence-electron chi connectivity index (χ4n) is 0.424. The maximum absolute atomic E-state index is 8.34. The van der Waals surface area contributed by atoms with Crippen molar-refractivity contribution < 1.29 is 4.74 Å². The van der Waals surface area contributed by atoms with Gasteiger partial charge in [0, 0.05) is 0 Å². The number of methoxy groups -OCH3 is 1. The topological polar surface area (TPSA) is 69.2 Å². The second-order valence-electron chi connectivity index (χ2n) is 1.60. The van der Waals surface area contributed by atoms with Crippen molar-refractivity contribution in [3.8, 4) is 12.3 Å². The smallest absolute Gasteiger partial charge is 0.216 e. The molecule has 10 heavy (non-hydrogen) atoms. The van der Waals surface area contributed by atoms with Crippen LogP contribution in [0.4, 0.5) is 0 Å². The summed E-state index contributed by atoms with van der Waals surface area (Å²) in [6, 6.07) is 1.89. The summed E-state index contributed by atoms with van der Waals surface area (Å²) in [4.78, 5) is 3.29. The van der Waals surface area contributed by atoms with Crippen molar-refractivity contribution in [1.82, 2.24) is 0 Å². The predicted molar refractivity (Wildman–Crippen MR) is 34.8 cm³/mol. The van der Waals surface area contributed by atoms with E-state index in [1.54, 1.807) is 13.1 Å². The summed E-state index contributed by atoms with van der Waals surface area (Å²) < 4.78 is 4.65. The van der Waals surface area contributed by atoms with Crippen LogP contribution in [0, 0.1) is 28.7 Å². The molecule has 0 heterocycles. The number of nitriles is 2. The fraction of sp³-hybridized carbons (Fsp3) is 0.500. The van der Waals surface area contributed by atoms with Crippen molar-refractivity contribution in [3.05, 3.63) is 0 Å². The van der Waals surface area contributed by atoms with Gasteiger partial charge in [-0.2, -0.15) is 10.5 Å². The molecule has 0 saturated carbocycles. The Kier molecular flexibility index (Phi) is 3.67. The van der Waals surface area contributed by atoms with E-state index in [0.29, 0.717) is 0 Å². The molecule has 0 aliphatic rings. The third kappa shape index (κ3) is 2.15. The monoisotopic (exact) mass is 137 g/mol. The number of hydrogen-bond donors (Lipinski definition) is 0. The van der Waals surface area contributed by atoms with Crippen LogP contribution in [0.15, 0.2) is 4.99 Å². The van der Waals surface area contributed by atoms with Crippen LogP contribution in [0.1, 0.15) is 6.92 Å². The number of nitrogens with zero attached hydrogens (tertiary/aromatic N) is 3. The van der Waals surface area contributed by atoms with Gasteiger partial charge in [0.2, 0.25) is 12.1 Å². The van der Waals surface area contributed by atoms with Crippen molar-refractivity contribution in [3.63, 3.8) is 0 Å². The molecule has 0 aromatic rings. The molecule has 1 unspecified atom stereocenters. The summed E-state index contributed by atoms with van der Waals surface area (Å²) in [6.07, 6.45) is 1.55. The minimum atomic E-state index is -0.454. The highest BCUT2D eigenvalue weighted by molar-refractivity contribution is 5.81. The molecule has 4 nitrogen and oxygen atoms in total. The summed E-state index contributed by atoms with van der Waals surface area (Å²) in [5.41, 5.74) is 0. The van der Waals surface area contributed by atoms with Gasteiger partial charge in [-0.3, -0.25) is 0 Å². The molecule has 0 fully saturated rings. The van der Waals surface area contributed by atoms with Crippen molar-refractivity contribution in [2.45, 2.75) is 6.92 Å². The van der Waals surface area contributed by atoms with Crippen molar-refractivity contribution >= 4 is 5.90 Å². The van der Waals surface area contributed by atoms with Crippen LogP contribution in [-0.2, 0) is 4.74 Å². The zero-order valence-corrected chi connectivity index (χ0v) is 5.83. The summed E-state index contributed by atoms with van der Waals surface area (Å²) >= 11 is 0. The molecule has 52 valence electrons. The molecule has 0 rings (SSSR count). The van der Waals surface area contributed by atoms with Gasteiger partial charge in [-0.1, -0.05) is 0 Å². The molecule has 0 saturated heterocycles. The van der Waals surface area contributed by atoms with E-state index in [1.807, 2.05) is 6.07 Å². The van der Waals surface area contributed by atoms with E-state index in [4.69, 9.17) is 10.5 Å². The molecule has 0 bridgehead atoms. The average Bonchev–Trinajstić information content (AvgIpc) is 1.99. The third-order valence-electron chi connectivity index (χ3n) is 0.933. The molecule has 0 aromatic carbocycles. The number of aliphatic imine (C=N–C) groups is 1. The highest BCUT2D eigenvalue weighted by Crippen LogP contribution is 1.96. The largest absolute Gasteiger partial charge is 0.483 e. The Morgan fingerprint density at radius 2 is 2.20 bits per heavy atom. The lowest BCUT2D eigenvalue weighted by Crippen LogP contribution is -2.10. The maximum Gasteiger partial charge on any atom is 0.216 e. The lowest BCUT2D eigenvalue weighted by atomic mass is 10.2. The van der Waals surface area contributed by atoms with Crippen molar-refractivity contribution in [1.29, 1.82) is 10.5 Å². The SMILES string of the molecule is COC(=NC#N)C(C)C#N. The molecule has 0 radical (unpaired) electrons. The van der Waals surface area contributed by atoms with Gasteiger partial charge in [-0.15, -0.1) is 4.99 Å². The molecule has 0 aliphatic heterocycles. The number of ether oxygens (including phenoxy) is 1. The van der Waals surface area contributed by atoms with E-state index in [-0.39, 0.29) is 5.90 Å². The first-order valence-electron chi connectivity index (χ1n) is 2.66. The maximum atomic E-state index is 8.34. The Labute approximate surface area is 59.4 Å². The van der Waals surface area contributed by atoms with Crippen molar-refractivity contribution in [2.75, 3.05) is 7.11 Å². The van der Waals surface area contributed by atoms with E-state index in [2.05, 4.69) is 9.73 Å². The summed E-state index contributed by atoms with van der Waals surface area (Å²) in [7, 11) is 1.38. The van der Waals surface area contributed by atoms with Crippen LogP contribution in [0.2, 0.25) is 0 Å². The minimum Gasteiger partial charge on any atom is -0.483 e. The first kappa shape index (κ1) is 8.45. The normalized spacial score (nSPS) is 13.0. The van der Waals surface area contributed by atoms with Gasteiger partial charge in [0.1, 0.15) is 5.92 Å². The third-order valence-corrected chi connectivity index (χ3v) is 0.933. The van der Waals surface area contributed by atoms with E-state index in [1.165, 1.54) is 7.11 Å². The van der Waals surface area contributed by atoms with Gasteiger partial charge in [-0.25, -0.2) is 0 Å². The van der Waals surface area contributed by atoms with Crippen LogP contribution < -0.4 is 0 Å². The molecular weight excluding hydrogens is 130 g/mol. The lowest BCUT2D eigenvalue weighted by Gasteiger charge is -2.01. The zero-order valence-electron chi connectivity index (χ0n) is 5.83. The van der Waals surface area contributed by atoms with Gasteiger partial charge in [0.25, 0.3) is 0 Å². The van der Waals surface area contributed by atoms with Crippen LogP contribution in [0.3, 0.4) is 0 Å². The van der Waals surface area contributed by atoms with Gasteiger partial charge >= 0.3 is 0 Å². The first-order chi connectivity index (χ1) is 4.76. The van der Waals surface area contributed by atoms with Crippen molar-refractivity contribution in [2.24, 2.45) is 10.9 Å². The van der Waals surface area contributed by atoms with Crippen LogP contribution in [0.25, 0.3) is 0 Å². The minimum absolute atomic E-state index is 0.157. The predicted octanol–water partition coefficient (Wildman–Crippen LogP) is 0.672. The Balaban J connectivity index is 4.27. The second-order valence-corrected chi connectivity index (χ2v) is 1.60. The molecule has 1 atom stereocenters. The molecule has 0 aromatic heterocycles. The molecule has 0 aliphatic carbocycles. The Bertz CT molecular complexity index is 208. The van der Waals surface area contributed by atoms with Crippen LogP contribution >= 0.6 is 0 Å². The molecule has 0 amide bonds. The lowest BCUT2D eigenvalue weighted by molar-refractivity contribution is 0.382.